The van der Waals surface area contributed by atoms with Crippen LogP contribution in [0.3, 0.4) is 0 Å². The van der Waals surface area contributed by atoms with Gasteiger partial charge in [-0.25, -0.2) is 9.97 Å². The molecule has 0 spiro atoms. The highest BCUT2D eigenvalue weighted by molar-refractivity contribution is 5.88. The lowest BCUT2D eigenvalue weighted by molar-refractivity contribution is 0.414. The number of benzene rings is 1. The zero-order chi connectivity index (χ0) is 15.6. The first-order chi connectivity index (χ1) is 11.3. The molecule has 1 fully saturated rings. The fraction of sp³-hybridized carbons (Fsp3) is 0.278. The number of hydrogen-bond acceptors (Lipinski definition) is 5. The zero-order valence-corrected chi connectivity index (χ0v) is 13.0. The second-order valence-corrected chi connectivity index (χ2v) is 5.79. The molecule has 1 aliphatic rings. The lowest BCUT2D eigenvalue weighted by Gasteiger charge is -2.19. The number of pyridine rings is 1. The van der Waals surface area contributed by atoms with E-state index in [4.69, 9.17) is 4.74 Å². The van der Waals surface area contributed by atoms with Crippen LogP contribution in [0, 0.1) is 0 Å². The molecule has 5 nitrogen and oxygen atoms in total. The summed E-state index contributed by atoms with van der Waals surface area (Å²) in [5.74, 6) is 2.43. The van der Waals surface area contributed by atoms with Crippen LogP contribution in [0.15, 0.2) is 49.1 Å². The summed E-state index contributed by atoms with van der Waals surface area (Å²) in [5.41, 5.74) is 2.25. The third kappa shape index (κ3) is 2.59. The van der Waals surface area contributed by atoms with Gasteiger partial charge in [0.1, 0.15) is 17.9 Å². The molecule has 5 heteroatoms. The first kappa shape index (κ1) is 13.9. The van der Waals surface area contributed by atoms with Gasteiger partial charge in [-0.3, -0.25) is 4.98 Å². The Bertz CT molecular complexity index is 813. The largest absolute Gasteiger partial charge is 0.497 e. The summed E-state index contributed by atoms with van der Waals surface area (Å²) < 4.78 is 5.24. The predicted octanol–water partition coefficient (Wildman–Crippen LogP) is 3.03. The molecule has 0 amide bonds. The van der Waals surface area contributed by atoms with Gasteiger partial charge in [-0.2, -0.15) is 0 Å². The van der Waals surface area contributed by atoms with Crippen molar-refractivity contribution in [2.24, 2.45) is 0 Å². The number of hydrogen-bond donors (Lipinski definition) is 0. The van der Waals surface area contributed by atoms with Crippen molar-refractivity contribution < 1.29 is 4.74 Å². The molecule has 1 unspecified atom stereocenters. The van der Waals surface area contributed by atoms with E-state index >= 15 is 0 Å². The third-order valence-electron chi connectivity index (χ3n) is 4.49. The van der Waals surface area contributed by atoms with Crippen LogP contribution in [0.5, 0.6) is 5.75 Å². The summed E-state index contributed by atoms with van der Waals surface area (Å²) in [6, 6.07) is 10.4. The van der Waals surface area contributed by atoms with E-state index < -0.39 is 0 Å². The SMILES string of the molecule is COc1ccc(C2CCN(c3ncnc4cnccc34)C2)cc1. The Kier molecular flexibility index (Phi) is 3.54. The van der Waals surface area contributed by atoms with Gasteiger partial charge in [-0.1, -0.05) is 12.1 Å². The van der Waals surface area contributed by atoms with Gasteiger partial charge in [-0.05, 0) is 30.2 Å². The van der Waals surface area contributed by atoms with E-state index in [2.05, 4.69) is 32.0 Å². The number of anilines is 1. The van der Waals surface area contributed by atoms with Crippen molar-refractivity contribution in [1.82, 2.24) is 15.0 Å². The van der Waals surface area contributed by atoms with Crippen LogP contribution in [0.1, 0.15) is 17.9 Å². The van der Waals surface area contributed by atoms with Gasteiger partial charge in [0.25, 0.3) is 0 Å². The Labute approximate surface area is 135 Å². The molecule has 23 heavy (non-hydrogen) atoms. The van der Waals surface area contributed by atoms with E-state index in [1.807, 2.05) is 18.2 Å². The Morgan fingerprint density at radius 3 is 2.83 bits per heavy atom. The second kappa shape index (κ2) is 5.83. The lowest BCUT2D eigenvalue weighted by atomic mass is 9.98. The van der Waals surface area contributed by atoms with Gasteiger partial charge in [-0.15, -0.1) is 0 Å². The van der Waals surface area contributed by atoms with Crippen molar-refractivity contribution in [3.63, 3.8) is 0 Å². The number of fused-ring (bicyclic) bond motifs is 1. The average molecular weight is 306 g/mol. The highest BCUT2D eigenvalue weighted by Crippen LogP contribution is 2.33. The fourth-order valence-corrected chi connectivity index (χ4v) is 3.25. The maximum absolute atomic E-state index is 5.24. The Morgan fingerprint density at radius 1 is 1.13 bits per heavy atom. The quantitative estimate of drug-likeness (QED) is 0.744. The minimum Gasteiger partial charge on any atom is -0.497 e. The normalized spacial score (nSPS) is 17.6. The minimum atomic E-state index is 0.521. The maximum atomic E-state index is 5.24. The molecule has 4 rings (SSSR count). The van der Waals surface area contributed by atoms with Gasteiger partial charge < -0.3 is 9.64 Å². The van der Waals surface area contributed by atoms with Gasteiger partial charge >= 0.3 is 0 Å². The van der Waals surface area contributed by atoms with Gasteiger partial charge in [0.05, 0.1) is 18.8 Å². The summed E-state index contributed by atoms with van der Waals surface area (Å²) in [6.07, 6.45) is 6.34. The molecule has 0 aliphatic carbocycles. The van der Waals surface area contributed by atoms with Crippen molar-refractivity contribution in [1.29, 1.82) is 0 Å². The van der Waals surface area contributed by atoms with Crippen LogP contribution in [-0.2, 0) is 0 Å². The van der Waals surface area contributed by atoms with E-state index in [1.54, 1.807) is 25.8 Å². The summed E-state index contributed by atoms with van der Waals surface area (Å²) in [6.45, 7) is 1.98. The molecule has 116 valence electrons. The number of methoxy groups -OCH3 is 1. The molecule has 0 N–H and O–H groups in total. The van der Waals surface area contributed by atoms with Crippen molar-refractivity contribution in [3.8, 4) is 5.75 Å². The summed E-state index contributed by atoms with van der Waals surface area (Å²) in [7, 11) is 1.70. The van der Waals surface area contributed by atoms with Crippen LogP contribution in [0.25, 0.3) is 10.9 Å². The van der Waals surface area contributed by atoms with E-state index in [-0.39, 0.29) is 0 Å². The molecule has 0 radical (unpaired) electrons. The second-order valence-electron chi connectivity index (χ2n) is 5.79. The number of aromatic nitrogens is 3. The molecule has 0 saturated carbocycles. The fourth-order valence-electron chi connectivity index (χ4n) is 3.25. The van der Waals surface area contributed by atoms with E-state index in [9.17, 15) is 0 Å². The highest BCUT2D eigenvalue weighted by atomic mass is 16.5. The topological polar surface area (TPSA) is 51.1 Å². The van der Waals surface area contributed by atoms with Gasteiger partial charge in [0, 0.05) is 30.6 Å². The number of ether oxygens (including phenoxy) is 1. The van der Waals surface area contributed by atoms with Gasteiger partial charge in [0.15, 0.2) is 0 Å². The lowest BCUT2D eigenvalue weighted by Crippen LogP contribution is -2.20. The van der Waals surface area contributed by atoms with Crippen molar-refractivity contribution in [3.05, 3.63) is 54.6 Å². The average Bonchev–Trinajstić information content (AvgIpc) is 3.11. The molecular formula is C18H18N4O. The summed E-state index contributed by atoms with van der Waals surface area (Å²) >= 11 is 0. The van der Waals surface area contributed by atoms with Crippen molar-refractivity contribution >= 4 is 16.7 Å². The summed E-state index contributed by atoms with van der Waals surface area (Å²) in [4.78, 5) is 15.3. The monoisotopic (exact) mass is 306 g/mol. The van der Waals surface area contributed by atoms with Crippen LogP contribution in [0.2, 0.25) is 0 Å². The number of rotatable bonds is 3. The Balaban J connectivity index is 1.59. The molecule has 3 aromatic rings. The van der Waals surface area contributed by atoms with Gasteiger partial charge in [0.2, 0.25) is 0 Å². The molecule has 1 aromatic carbocycles. The molecular weight excluding hydrogens is 288 g/mol. The Morgan fingerprint density at radius 2 is 2.00 bits per heavy atom. The summed E-state index contributed by atoms with van der Waals surface area (Å²) in [5, 5.41) is 1.07. The van der Waals surface area contributed by atoms with Crippen LogP contribution in [0.4, 0.5) is 5.82 Å². The molecule has 1 atom stereocenters. The van der Waals surface area contributed by atoms with Crippen molar-refractivity contribution in [2.45, 2.75) is 12.3 Å². The van der Waals surface area contributed by atoms with E-state index in [0.717, 1.165) is 42.0 Å². The zero-order valence-electron chi connectivity index (χ0n) is 13.0. The minimum absolute atomic E-state index is 0.521. The molecule has 2 aromatic heterocycles. The third-order valence-corrected chi connectivity index (χ3v) is 4.49. The van der Waals surface area contributed by atoms with E-state index in [1.165, 1.54) is 5.56 Å². The predicted molar refractivity (Wildman–Crippen MR) is 89.9 cm³/mol. The molecule has 1 saturated heterocycles. The first-order valence-electron chi connectivity index (χ1n) is 7.79. The number of nitrogens with zero attached hydrogens (tertiary/aromatic N) is 4. The maximum Gasteiger partial charge on any atom is 0.140 e. The molecule has 3 heterocycles. The van der Waals surface area contributed by atoms with Crippen LogP contribution in [-0.4, -0.2) is 35.2 Å². The first-order valence-corrected chi connectivity index (χ1v) is 7.79. The standard InChI is InChI=1S/C18H18N4O/c1-23-15-4-2-13(3-5-15)14-7-9-22(11-14)18-16-6-8-19-10-17(16)20-12-21-18/h2-6,8,10,12,14H,7,9,11H2,1H3. The Hall–Kier alpha value is -2.69. The molecule has 0 bridgehead atoms. The van der Waals surface area contributed by atoms with Crippen molar-refractivity contribution in [2.75, 3.05) is 25.1 Å². The highest BCUT2D eigenvalue weighted by Gasteiger charge is 2.26. The van der Waals surface area contributed by atoms with E-state index in [0.29, 0.717) is 5.92 Å². The van der Waals surface area contributed by atoms with Crippen LogP contribution >= 0.6 is 0 Å². The van der Waals surface area contributed by atoms with Crippen LogP contribution < -0.4 is 9.64 Å². The smallest absolute Gasteiger partial charge is 0.140 e. The molecule has 1 aliphatic heterocycles.